The number of rotatable bonds is 3. The monoisotopic (exact) mass is 323 g/mol. The Morgan fingerprint density at radius 3 is 2.55 bits per heavy atom. The third kappa shape index (κ3) is 4.46. The van der Waals surface area contributed by atoms with Crippen molar-refractivity contribution in [2.75, 3.05) is 12.4 Å². The predicted molar refractivity (Wildman–Crippen MR) is 85.3 cm³/mol. The SMILES string of the molecule is COc1ccc(NC(=O)C(=O)NN=C2CCCCC2)cc1Cl. The molecule has 22 heavy (non-hydrogen) atoms. The molecular weight excluding hydrogens is 306 g/mol. The van der Waals surface area contributed by atoms with E-state index >= 15 is 0 Å². The minimum Gasteiger partial charge on any atom is -0.495 e. The molecule has 0 saturated heterocycles. The van der Waals surface area contributed by atoms with Gasteiger partial charge in [-0.1, -0.05) is 18.0 Å². The van der Waals surface area contributed by atoms with Crippen molar-refractivity contribution < 1.29 is 14.3 Å². The highest BCUT2D eigenvalue weighted by Crippen LogP contribution is 2.27. The summed E-state index contributed by atoms with van der Waals surface area (Å²) in [6.07, 6.45) is 5.08. The quantitative estimate of drug-likeness (QED) is 0.663. The number of hydrogen-bond acceptors (Lipinski definition) is 4. The molecule has 118 valence electrons. The van der Waals surface area contributed by atoms with Gasteiger partial charge in [-0.25, -0.2) is 5.43 Å². The lowest BCUT2D eigenvalue weighted by atomic mass is 9.99. The number of amides is 2. The summed E-state index contributed by atoms with van der Waals surface area (Å²) < 4.78 is 5.02. The second-order valence-corrected chi connectivity index (χ2v) is 5.39. The summed E-state index contributed by atoms with van der Waals surface area (Å²) in [4.78, 5) is 23.5. The Balaban J connectivity index is 1.90. The molecule has 2 rings (SSSR count). The van der Waals surface area contributed by atoms with Gasteiger partial charge in [-0.3, -0.25) is 9.59 Å². The van der Waals surface area contributed by atoms with Gasteiger partial charge < -0.3 is 10.1 Å². The summed E-state index contributed by atoms with van der Waals surface area (Å²) in [5.41, 5.74) is 3.63. The van der Waals surface area contributed by atoms with Crippen molar-refractivity contribution in [3.8, 4) is 5.75 Å². The number of carbonyl (C=O) groups is 2. The van der Waals surface area contributed by atoms with Gasteiger partial charge in [0.05, 0.1) is 12.1 Å². The Bertz CT molecular complexity index is 594. The predicted octanol–water partition coefficient (Wildman–Crippen LogP) is 2.72. The Labute approximate surface area is 133 Å². The number of halogens is 1. The van der Waals surface area contributed by atoms with E-state index < -0.39 is 11.8 Å². The molecular formula is C15H18ClN3O3. The molecule has 1 fully saturated rings. The molecule has 0 spiro atoms. The molecule has 1 aromatic rings. The number of carbonyl (C=O) groups excluding carboxylic acids is 2. The van der Waals surface area contributed by atoms with E-state index in [1.807, 2.05) is 0 Å². The number of methoxy groups -OCH3 is 1. The van der Waals surface area contributed by atoms with Crippen LogP contribution in [0.15, 0.2) is 23.3 Å². The van der Waals surface area contributed by atoms with Crippen LogP contribution in [0, 0.1) is 0 Å². The fourth-order valence-electron chi connectivity index (χ4n) is 2.18. The van der Waals surface area contributed by atoms with Crippen LogP contribution in [0.3, 0.4) is 0 Å². The lowest BCUT2D eigenvalue weighted by molar-refractivity contribution is -0.136. The van der Waals surface area contributed by atoms with E-state index in [0.717, 1.165) is 31.4 Å². The summed E-state index contributed by atoms with van der Waals surface area (Å²) in [6, 6.07) is 4.72. The van der Waals surface area contributed by atoms with Crippen molar-refractivity contribution in [1.29, 1.82) is 0 Å². The van der Waals surface area contributed by atoms with E-state index in [0.29, 0.717) is 16.5 Å². The molecule has 0 radical (unpaired) electrons. The summed E-state index contributed by atoms with van der Waals surface area (Å²) in [5.74, 6) is -1.10. The number of hydrazone groups is 1. The molecule has 0 atom stereocenters. The Hall–Kier alpha value is -2.08. The zero-order chi connectivity index (χ0) is 15.9. The van der Waals surface area contributed by atoms with Crippen molar-refractivity contribution >= 4 is 34.8 Å². The maximum Gasteiger partial charge on any atom is 0.329 e. The first kappa shape index (κ1) is 16.3. The molecule has 0 bridgehead atoms. The molecule has 2 amide bonds. The number of hydrogen-bond donors (Lipinski definition) is 2. The standard InChI is InChI=1S/C15H18ClN3O3/c1-22-13-8-7-11(9-12(13)16)17-14(20)15(21)19-18-10-5-3-2-4-6-10/h7-9H,2-6H2,1H3,(H,17,20)(H,19,21). The first-order valence-electron chi connectivity index (χ1n) is 7.10. The van der Waals surface area contributed by atoms with Gasteiger partial charge in [0.2, 0.25) is 0 Å². The number of anilines is 1. The topological polar surface area (TPSA) is 79.8 Å². The zero-order valence-electron chi connectivity index (χ0n) is 12.3. The third-order valence-corrected chi connectivity index (χ3v) is 3.66. The minimum absolute atomic E-state index is 0.350. The van der Waals surface area contributed by atoms with E-state index in [-0.39, 0.29) is 0 Å². The maximum atomic E-state index is 11.8. The average molecular weight is 324 g/mol. The van der Waals surface area contributed by atoms with Crippen LogP contribution in [0.2, 0.25) is 5.02 Å². The fraction of sp³-hybridized carbons (Fsp3) is 0.400. The highest BCUT2D eigenvalue weighted by atomic mass is 35.5. The maximum absolute atomic E-state index is 11.8. The van der Waals surface area contributed by atoms with E-state index in [4.69, 9.17) is 16.3 Å². The van der Waals surface area contributed by atoms with E-state index in [1.54, 1.807) is 12.1 Å². The summed E-state index contributed by atoms with van der Waals surface area (Å²) in [6.45, 7) is 0. The van der Waals surface area contributed by atoms with Gasteiger partial charge in [-0.2, -0.15) is 5.10 Å². The Morgan fingerprint density at radius 1 is 1.18 bits per heavy atom. The molecule has 1 aliphatic rings. The van der Waals surface area contributed by atoms with Crippen molar-refractivity contribution in [2.24, 2.45) is 5.10 Å². The third-order valence-electron chi connectivity index (χ3n) is 3.36. The fourth-order valence-corrected chi connectivity index (χ4v) is 2.44. The molecule has 1 aliphatic carbocycles. The lowest BCUT2D eigenvalue weighted by Gasteiger charge is -2.12. The second kappa shape index (κ2) is 7.79. The van der Waals surface area contributed by atoms with Crippen LogP contribution in [0.25, 0.3) is 0 Å². The highest BCUT2D eigenvalue weighted by Gasteiger charge is 2.15. The number of ether oxygens (including phenoxy) is 1. The molecule has 0 aliphatic heterocycles. The van der Waals surface area contributed by atoms with Crippen LogP contribution in [0.1, 0.15) is 32.1 Å². The van der Waals surface area contributed by atoms with Crippen LogP contribution in [0.5, 0.6) is 5.75 Å². The van der Waals surface area contributed by atoms with Crippen molar-refractivity contribution in [1.82, 2.24) is 5.43 Å². The molecule has 2 N–H and O–H groups in total. The highest BCUT2D eigenvalue weighted by molar-refractivity contribution is 6.40. The largest absolute Gasteiger partial charge is 0.495 e. The van der Waals surface area contributed by atoms with E-state index in [2.05, 4.69) is 15.8 Å². The first-order chi connectivity index (χ1) is 10.6. The van der Waals surface area contributed by atoms with Crippen LogP contribution >= 0.6 is 11.6 Å². The molecule has 1 aromatic carbocycles. The van der Waals surface area contributed by atoms with Gasteiger partial charge in [0, 0.05) is 11.4 Å². The van der Waals surface area contributed by atoms with Gasteiger partial charge in [-0.05, 0) is 43.9 Å². The van der Waals surface area contributed by atoms with Crippen LogP contribution < -0.4 is 15.5 Å². The van der Waals surface area contributed by atoms with Crippen molar-refractivity contribution in [3.63, 3.8) is 0 Å². The molecule has 0 aromatic heterocycles. The average Bonchev–Trinajstić information content (AvgIpc) is 2.53. The normalized spacial score (nSPS) is 14.2. The number of nitrogens with zero attached hydrogens (tertiary/aromatic N) is 1. The Morgan fingerprint density at radius 2 is 1.91 bits per heavy atom. The summed E-state index contributed by atoms with van der Waals surface area (Å²) in [5, 5.41) is 6.81. The second-order valence-electron chi connectivity index (χ2n) is 4.98. The van der Waals surface area contributed by atoms with Gasteiger partial charge in [-0.15, -0.1) is 0 Å². The molecule has 0 heterocycles. The van der Waals surface area contributed by atoms with Crippen LogP contribution in [-0.4, -0.2) is 24.6 Å². The summed E-state index contributed by atoms with van der Waals surface area (Å²) in [7, 11) is 1.50. The van der Waals surface area contributed by atoms with E-state index in [9.17, 15) is 9.59 Å². The zero-order valence-corrected chi connectivity index (χ0v) is 13.1. The van der Waals surface area contributed by atoms with Crippen LogP contribution in [0.4, 0.5) is 5.69 Å². The lowest BCUT2D eigenvalue weighted by Crippen LogP contribution is -2.33. The first-order valence-corrected chi connectivity index (χ1v) is 7.48. The molecule has 0 unspecified atom stereocenters. The molecule has 7 heteroatoms. The number of benzene rings is 1. The molecule has 6 nitrogen and oxygen atoms in total. The molecule has 1 saturated carbocycles. The van der Waals surface area contributed by atoms with Crippen LogP contribution in [-0.2, 0) is 9.59 Å². The van der Waals surface area contributed by atoms with Gasteiger partial charge >= 0.3 is 11.8 Å². The van der Waals surface area contributed by atoms with Gasteiger partial charge in [0.15, 0.2) is 0 Å². The van der Waals surface area contributed by atoms with Crippen molar-refractivity contribution in [2.45, 2.75) is 32.1 Å². The Kier molecular flexibility index (Phi) is 5.77. The smallest absolute Gasteiger partial charge is 0.329 e. The van der Waals surface area contributed by atoms with E-state index in [1.165, 1.54) is 19.6 Å². The minimum atomic E-state index is -0.801. The summed E-state index contributed by atoms with van der Waals surface area (Å²) >= 11 is 5.96. The van der Waals surface area contributed by atoms with Gasteiger partial charge in [0.25, 0.3) is 0 Å². The number of nitrogens with one attached hydrogen (secondary N) is 2. The van der Waals surface area contributed by atoms with Crippen molar-refractivity contribution in [3.05, 3.63) is 23.2 Å². The van der Waals surface area contributed by atoms with Gasteiger partial charge in [0.1, 0.15) is 5.75 Å².